The number of hydrogen-bond donors (Lipinski definition) is 2. The summed E-state index contributed by atoms with van der Waals surface area (Å²) >= 11 is 11.7. The third kappa shape index (κ3) is 5.81. The largest absolute Gasteiger partial charge is 0.365 e. The number of hydrogen-bond acceptors (Lipinski definition) is 4. The molecule has 2 amide bonds. The van der Waals surface area contributed by atoms with Gasteiger partial charge in [-0.1, -0.05) is 38.4 Å². The summed E-state index contributed by atoms with van der Waals surface area (Å²) in [5, 5.41) is 6.62. The first-order valence-corrected chi connectivity index (χ1v) is 10.0. The van der Waals surface area contributed by atoms with Gasteiger partial charge in [-0.2, -0.15) is 0 Å². The minimum Gasteiger partial charge on any atom is -0.365 e. The van der Waals surface area contributed by atoms with Gasteiger partial charge in [0, 0.05) is 38.5 Å². The van der Waals surface area contributed by atoms with Gasteiger partial charge in [-0.3, -0.25) is 9.59 Å². The predicted octanol–water partition coefficient (Wildman–Crippen LogP) is 3.26. The predicted molar refractivity (Wildman–Crippen MR) is 114 cm³/mol. The molecule has 1 aliphatic rings. The Morgan fingerprint density at radius 2 is 1.89 bits per heavy atom. The van der Waals surface area contributed by atoms with Crippen molar-refractivity contribution >= 4 is 52.1 Å². The van der Waals surface area contributed by atoms with Crippen LogP contribution in [-0.4, -0.2) is 48.0 Å². The molecule has 6 nitrogen and oxygen atoms in total. The van der Waals surface area contributed by atoms with Crippen molar-refractivity contribution in [3.05, 3.63) is 23.2 Å². The van der Waals surface area contributed by atoms with E-state index in [1.807, 2.05) is 43.9 Å². The Morgan fingerprint density at radius 3 is 2.48 bits per heavy atom. The summed E-state index contributed by atoms with van der Waals surface area (Å²) in [4.78, 5) is 28.0. The third-order valence-corrected chi connectivity index (χ3v) is 4.88. The molecule has 27 heavy (non-hydrogen) atoms. The molecule has 0 atom stereocenters. The minimum absolute atomic E-state index is 0.00167. The number of nitrogens with one attached hydrogen (secondary N) is 2. The summed E-state index contributed by atoms with van der Waals surface area (Å²) in [6, 6.07) is 5.54. The van der Waals surface area contributed by atoms with Crippen molar-refractivity contribution in [2.24, 2.45) is 5.92 Å². The highest BCUT2D eigenvalue weighted by atomic mass is 35.5. The van der Waals surface area contributed by atoms with Crippen molar-refractivity contribution in [2.45, 2.75) is 33.6 Å². The lowest BCUT2D eigenvalue weighted by molar-refractivity contribution is -0.134. The number of carbonyl (C=O) groups excluding carboxylic acids is 2. The van der Waals surface area contributed by atoms with Crippen LogP contribution in [0.3, 0.4) is 0 Å². The van der Waals surface area contributed by atoms with E-state index in [4.69, 9.17) is 23.8 Å². The van der Waals surface area contributed by atoms with E-state index in [1.54, 1.807) is 0 Å². The summed E-state index contributed by atoms with van der Waals surface area (Å²) in [6.45, 7) is 8.45. The molecule has 1 heterocycles. The van der Waals surface area contributed by atoms with Crippen LogP contribution in [-0.2, 0) is 9.59 Å². The fraction of sp³-hybridized carbons (Fsp3) is 0.526. The van der Waals surface area contributed by atoms with Gasteiger partial charge in [0.05, 0.1) is 16.4 Å². The lowest BCUT2D eigenvalue weighted by Gasteiger charge is -2.38. The highest BCUT2D eigenvalue weighted by molar-refractivity contribution is 7.80. The molecule has 1 aromatic carbocycles. The molecule has 0 saturated carbocycles. The Balaban J connectivity index is 2.08. The van der Waals surface area contributed by atoms with Gasteiger partial charge in [-0.15, -0.1) is 0 Å². The van der Waals surface area contributed by atoms with Crippen LogP contribution in [0.5, 0.6) is 0 Å². The van der Waals surface area contributed by atoms with Crippen LogP contribution in [0.15, 0.2) is 18.2 Å². The zero-order chi connectivity index (χ0) is 20.0. The van der Waals surface area contributed by atoms with E-state index < -0.39 is 0 Å². The number of thiocarbonyl (C=S) groups is 1. The Morgan fingerprint density at radius 1 is 1.22 bits per heavy atom. The SMILES string of the molecule is CCCC(=O)NC(=S)Nc1cccc(Cl)c1N1CCN(C(=O)C(C)C)CC1. The molecule has 2 rings (SSSR count). The Labute approximate surface area is 171 Å². The van der Waals surface area contributed by atoms with E-state index in [0.717, 1.165) is 17.8 Å². The maximum atomic E-state index is 12.2. The summed E-state index contributed by atoms with van der Waals surface area (Å²) in [6.07, 6.45) is 1.19. The molecule has 148 valence electrons. The molecule has 1 aromatic rings. The van der Waals surface area contributed by atoms with Crippen molar-refractivity contribution < 1.29 is 9.59 Å². The van der Waals surface area contributed by atoms with E-state index in [-0.39, 0.29) is 22.8 Å². The average Bonchev–Trinajstić information content (AvgIpc) is 2.61. The quantitative estimate of drug-likeness (QED) is 0.729. The van der Waals surface area contributed by atoms with Gasteiger partial charge in [0.15, 0.2) is 5.11 Å². The molecular weight excluding hydrogens is 384 g/mol. The van der Waals surface area contributed by atoms with Crippen molar-refractivity contribution in [1.29, 1.82) is 0 Å². The zero-order valence-corrected chi connectivity index (χ0v) is 17.6. The van der Waals surface area contributed by atoms with Gasteiger partial charge < -0.3 is 20.4 Å². The standard InChI is InChI=1S/C19H27ClN4O2S/c1-4-6-16(25)22-19(27)21-15-8-5-7-14(20)17(15)23-9-11-24(12-10-23)18(26)13(2)3/h5,7-8,13H,4,6,9-12H2,1-3H3,(H2,21,22,25,27). The van der Waals surface area contributed by atoms with Crippen LogP contribution in [0.4, 0.5) is 11.4 Å². The second-order valence-electron chi connectivity index (χ2n) is 6.86. The topological polar surface area (TPSA) is 64.7 Å². The van der Waals surface area contributed by atoms with Gasteiger partial charge in [0.1, 0.15) is 0 Å². The average molecular weight is 411 g/mol. The van der Waals surface area contributed by atoms with Crippen LogP contribution in [0.1, 0.15) is 33.6 Å². The molecule has 1 aliphatic heterocycles. The second kappa shape index (κ2) is 9.90. The van der Waals surface area contributed by atoms with Crippen molar-refractivity contribution in [2.75, 3.05) is 36.4 Å². The van der Waals surface area contributed by atoms with Gasteiger partial charge in [0.25, 0.3) is 0 Å². The number of nitrogens with zero attached hydrogens (tertiary/aromatic N) is 2. The summed E-state index contributed by atoms with van der Waals surface area (Å²) in [7, 11) is 0. The van der Waals surface area contributed by atoms with Crippen molar-refractivity contribution in [3.8, 4) is 0 Å². The molecule has 8 heteroatoms. The smallest absolute Gasteiger partial charge is 0.226 e. The molecule has 0 spiro atoms. The number of amides is 2. The number of carbonyl (C=O) groups is 2. The number of para-hydroxylation sites is 1. The summed E-state index contributed by atoms with van der Waals surface area (Å²) < 4.78 is 0. The zero-order valence-electron chi connectivity index (χ0n) is 16.0. The van der Waals surface area contributed by atoms with E-state index >= 15 is 0 Å². The van der Waals surface area contributed by atoms with Gasteiger partial charge >= 0.3 is 0 Å². The number of halogens is 1. The second-order valence-corrected chi connectivity index (χ2v) is 7.67. The number of piperazine rings is 1. The first kappa shape index (κ1) is 21.4. The van der Waals surface area contributed by atoms with E-state index in [9.17, 15) is 9.59 Å². The van der Waals surface area contributed by atoms with E-state index in [2.05, 4.69) is 15.5 Å². The van der Waals surface area contributed by atoms with Crippen molar-refractivity contribution in [3.63, 3.8) is 0 Å². The number of benzene rings is 1. The molecule has 2 N–H and O–H groups in total. The lowest BCUT2D eigenvalue weighted by atomic mass is 10.1. The molecular formula is C19H27ClN4O2S. The monoisotopic (exact) mass is 410 g/mol. The van der Waals surface area contributed by atoms with E-state index in [0.29, 0.717) is 37.6 Å². The van der Waals surface area contributed by atoms with Crippen molar-refractivity contribution in [1.82, 2.24) is 10.2 Å². The molecule has 0 unspecified atom stereocenters. The van der Waals surface area contributed by atoms with Gasteiger partial charge in [0.2, 0.25) is 11.8 Å². The molecule has 0 radical (unpaired) electrons. The number of rotatable bonds is 5. The minimum atomic E-state index is -0.112. The Bertz CT molecular complexity index is 703. The first-order chi connectivity index (χ1) is 12.8. The molecule has 0 aliphatic carbocycles. The van der Waals surface area contributed by atoms with Gasteiger partial charge in [-0.05, 0) is 30.8 Å². The van der Waals surface area contributed by atoms with Crippen LogP contribution >= 0.6 is 23.8 Å². The Hall–Kier alpha value is -1.86. The normalized spacial score (nSPS) is 14.3. The number of anilines is 2. The maximum absolute atomic E-state index is 12.2. The molecule has 1 fully saturated rings. The van der Waals surface area contributed by atoms with Gasteiger partial charge in [-0.25, -0.2) is 0 Å². The Kier molecular flexibility index (Phi) is 7.86. The third-order valence-electron chi connectivity index (χ3n) is 4.37. The highest BCUT2D eigenvalue weighted by Crippen LogP contribution is 2.34. The van der Waals surface area contributed by atoms with Crippen LogP contribution in [0.25, 0.3) is 0 Å². The molecule has 1 saturated heterocycles. The molecule has 0 bridgehead atoms. The van der Waals surface area contributed by atoms with Crippen LogP contribution in [0, 0.1) is 5.92 Å². The van der Waals surface area contributed by atoms with E-state index in [1.165, 1.54) is 0 Å². The summed E-state index contributed by atoms with van der Waals surface area (Å²) in [5.41, 5.74) is 1.58. The highest BCUT2D eigenvalue weighted by Gasteiger charge is 2.25. The molecule has 0 aromatic heterocycles. The first-order valence-electron chi connectivity index (χ1n) is 9.26. The maximum Gasteiger partial charge on any atom is 0.226 e. The lowest BCUT2D eigenvalue weighted by Crippen LogP contribution is -2.50. The fourth-order valence-corrected chi connectivity index (χ4v) is 3.54. The fourth-order valence-electron chi connectivity index (χ4n) is 3.02. The van der Waals surface area contributed by atoms with Crippen LogP contribution in [0.2, 0.25) is 5.02 Å². The van der Waals surface area contributed by atoms with Crippen LogP contribution < -0.4 is 15.5 Å². The summed E-state index contributed by atoms with van der Waals surface area (Å²) in [5.74, 6) is 0.0598.